The third-order valence-corrected chi connectivity index (χ3v) is 5.57. The normalized spacial score (nSPS) is 26.6. The molecule has 1 aliphatic rings. The highest BCUT2D eigenvalue weighted by atomic mass is 16.4. The van der Waals surface area contributed by atoms with Crippen molar-refractivity contribution in [3.8, 4) is 0 Å². The first-order valence-corrected chi connectivity index (χ1v) is 7.84. The standard InChI is InChI=1S/C18H25NO3/c1-17(2)14(9-11-18(17,3)16(21)22)15(20)19-12-10-13-7-5-4-6-8-13/h4-8,14H,9-12H2,1-3H3,(H,19,20)(H,21,22)/t14-,18-/m0/s1. The molecule has 0 heterocycles. The highest BCUT2D eigenvalue weighted by molar-refractivity contribution is 5.83. The predicted molar refractivity (Wildman–Crippen MR) is 85.4 cm³/mol. The molecule has 120 valence electrons. The van der Waals surface area contributed by atoms with Crippen LogP contribution in [0.5, 0.6) is 0 Å². The van der Waals surface area contributed by atoms with E-state index in [-0.39, 0.29) is 11.8 Å². The smallest absolute Gasteiger partial charge is 0.309 e. The van der Waals surface area contributed by atoms with Gasteiger partial charge < -0.3 is 10.4 Å². The van der Waals surface area contributed by atoms with Gasteiger partial charge in [0.15, 0.2) is 0 Å². The Kier molecular flexibility index (Phi) is 4.59. The number of aliphatic carboxylic acids is 1. The molecule has 1 amide bonds. The Hall–Kier alpha value is -1.84. The first-order chi connectivity index (χ1) is 10.3. The molecule has 1 aromatic carbocycles. The predicted octanol–water partition coefficient (Wildman–Crippen LogP) is 2.87. The highest BCUT2D eigenvalue weighted by Crippen LogP contribution is 2.56. The van der Waals surface area contributed by atoms with Crippen molar-refractivity contribution >= 4 is 11.9 Å². The molecule has 22 heavy (non-hydrogen) atoms. The van der Waals surface area contributed by atoms with Crippen molar-refractivity contribution in [2.45, 2.75) is 40.0 Å². The van der Waals surface area contributed by atoms with Gasteiger partial charge in [0, 0.05) is 12.5 Å². The van der Waals surface area contributed by atoms with Gasteiger partial charge in [-0.1, -0.05) is 44.2 Å². The Balaban J connectivity index is 1.95. The van der Waals surface area contributed by atoms with Gasteiger partial charge in [-0.3, -0.25) is 9.59 Å². The molecular weight excluding hydrogens is 278 g/mol. The van der Waals surface area contributed by atoms with E-state index in [0.717, 1.165) is 6.42 Å². The minimum Gasteiger partial charge on any atom is -0.481 e. The van der Waals surface area contributed by atoms with Crippen LogP contribution in [0.15, 0.2) is 30.3 Å². The Labute approximate surface area is 131 Å². The molecule has 0 bridgehead atoms. The molecule has 0 aliphatic heterocycles. The fourth-order valence-corrected chi connectivity index (χ4v) is 3.44. The number of hydrogen-bond acceptors (Lipinski definition) is 2. The van der Waals surface area contributed by atoms with E-state index >= 15 is 0 Å². The molecule has 0 spiro atoms. The number of amides is 1. The van der Waals surface area contributed by atoms with Crippen molar-refractivity contribution in [3.63, 3.8) is 0 Å². The summed E-state index contributed by atoms with van der Waals surface area (Å²) in [6.45, 7) is 6.14. The molecule has 2 atom stereocenters. The SMILES string of the molecule is CC1(C)[C@H](C(=O)NCCc2ccccc2)CC[C@@]1(C)C(=O)O. The number of carbonyl (C=O) groups excluding carboxylic acids is 1. The van der Waals surface area contributed by atoms with E-state index in [0.29, 0.717) is 19.4 Å². The molecule has 4 nitrogen and oxygen atoms in total. The van der Waals surface area contributed by atoms with E-state index in [1.54, 1.807) is 6.92 Å². The number of rotatable bonds is 5. The zero-order valence-electron chi connectivity index (χ0n) is 13.6. The molecule has 0 saturated heterocycles. The molecule has 2 rings (SSSR count). The van der Waals surface area contributed by atoms with Crippen LogP contribution in [0.3, 0.4) is 0 Å². The first-order valence-electron chi connectivity index (χ1n) is 7.84. The molecule has 1 fully saturated rings. The second-order valence-corrected chi connectivity index (χ2v) is 6.98. The first kappa shape index (κ1) is 16.5. The lowest BCUT2D eigenvalue weighted by molar-refractivity contribution is -0.155. The maximum absolute atomic E-state index is 12.5. The monoisotopic (exact) mass is 303 g/mol. The Morgan fingerprint density at radius 3 is 2.41 bits per heavy atom. The Morgan fingerprint density at radius 2 is 1.86 bits per heavy atom. The summed E-state index contributed by atoms with van der Waals surface area (Å²) in [5, 5.41) is 12.5. The highest BCUT2D eigenvalue weighted by Gasteiger charge is 2.58. The van der Waals surface area contributed by atoms with Crippen molar-refractivity contribution < 1.29 is 14.7 Å². The lowest BCUT2D eigenvalue weighted by Crippen LogP contribution is -2.45. The summed E-state index contributed by atoms with van der Waals surface area (Å²) in [6, 6.07) is 10.0. The molecule has 0 radical (unpaired) electrons. The van der Waals surface area contributed by atoms with Gasteiger partial charge in [-0.15, -0.1) is 0 Å². The average Bonchev–Trinajstić information content (AvgIpc) is 2.72. The van der Waals surface area contributed by atoms with Crippen molar-refractivity contribution in [2.24, 2.45) is 16.7 Å². The third-order valence-electron chi connectivity index (χ3n) is 5.57. The van der Waals surface area contributed by atoms with Crippen LogP contribution in [0, 0.1) is 16.7 Å². The number of carboxylic acids is 1. The van der Waals surface area contributed by atoms with Gasteiger partial charge in [-0.2, -0.15) is 0 Å². The van der Waals surface area contributed by atoms with Gasteiger partial charge in [-0.25, -0.2) is 0 Å². The van der Waals surface area contributed by atoms with Crippen LogP contribution in [0.25, 0.3) is 0 Å². The Bertz CT molecular complexity index is 553. The van der Waals surface area contributed by atoms with Crippen LogP contribution >= 0.6 is 0 Å². The van der Waals surface area contributed by atoms with Gasteiger partial charge >= 0.3 is 5.97 Å². The van der Waals surface area contributed by atoms with Crippen LogP contribution in [0.4, 0.5) is 0 Å². The quantitative estimate of drug-likeness (QED) is 0.879. The van der Waals surface area contributed by atoms with E-state index < -0.39 is 16.8 Å². The molecule has 1 saturated carbocycles. The van der Waals surface area contributed by atoms with E-state index in [1.165, 1.54) is 5.56 Å². The van der Waals surface area contributed by atoms with E-state index in [2.05, 4.69) is 5.32 Å². The third kappa shape index (κ3) is 2.87. The topological polar surface area (TPSA) is 66.4 Å². The van der Waals surface area contributed by atoms with E-state index in [9.17, 15) is 14.7 Å². The molecule has 0 aromatic heterocycles. The second-order valence-electron chi connectivity index (χ2n) is 6.98. The lowest BCUT2D eigenvalue weighted by atomic mass is 9.65. The van der Waals surface area contributed by atoms with Gasteiger partial charge in [0.25, 0.3) is 0 Å². The molecule has 1 aliphatic carbocycles. The largest absolute Gasteiger partial charge is 0.481 e. The lowest BCUT2D eigenvalue weighted by Gasteiger charge is -2.37. The fourth-order valence-electron chi connectivity index (χ4n) is 3.44. The molecular formula is C18H25NO3. The molecule has 4 heteroatoms. The minimum atomic E-state index is -0.839. The summed E-state index contributed by atoms with van der Waals surface area (Å²) in [6.07, 6.45) is 1.97. The van der Waals surface area contributed by atoms with Crippen LogP contribution in [-0.4, -0.2) is 23.5 Å². The number of nitrogens with one attached hydrogen (secondary N) is 1. The molecule has 2 N–H and O–H groups in total. The van der Waals surface area contributed by atoms with Gasteiger partial charge in [0.1, 0.15) is 0 Å². The number of carboxylic acid groups (broad SMARTS) is 1. The number of carbonyl (C=O) groups is 2. The summed E-state index contributed by atoms with van der Waals surface area (Å²) < 4.78 is 0. The minimum absolute atomic E-state index is 0.0223. The van der Waals surface area contributed by atoms with Crippen molar-refractivity contribution in [2.75, 3.05) is 6.54 Å². The average molecular weight is 303 g/mol. The number of benzene rings is 1. The summed E-state index contributed by atoms with van der Waals surface area (Å²) in [5.74, 6) is -1.08. The second kappa shape index (κ2) is 6.11. The fraction of sp³-hybridized carbons (Fsp3) is 0.556. The molecule has 1 aromatic rings. The molecule has 0 unspecified atom stereocenters. The van der Waals surface area contributed by atoms with Crippen LogP contribution in [0.2, 0.25) is 0 Å². The number of hydrogen-bond donors (Lipinski definition) is 2. The van der Waals surface area contributed by atoms with Crippen molar-refractivity contribution in [3.05, 3.63) is 35.9 Å². The van der Waals surface area contributed by atoms with Crippen LogP contribution < -0.4 is 5.32 Å². The summed E-state index contributed by atoms with van der Waals surface area (Å²) in [4.78, 5) is 24.0. The van der Waals surface area contributed by atoms with Crippen molar-refractivity contribution in [1.82, 2.24) is 5.32 Å². The summed E-state index contributed by atoms with van der Waals surface area (Å²) in [7, 11) is 0. The van der Waals surface area contributed by atoms with E-state index in [4.69, 9.17) is 0 Å². The van der Waals surface area contributed by atoms with E-state index in [1.807, 2.05) is 44.2 Å². The summed E-state index contributed by atoms with van der Waals surface area (Å²) in [5.41, 5.74) is -0.201. The zero-order chi connectivity index (χ0) is 16.4. The van der Waals surface area contributed by atoms with Gasteiger partial charge in [0.2, 0.25) is 5.91 Å². The maximum atomic E-state index is 12.5. The zero-order valence-corrected chi connectivity index (χ0v) is 13.6. The van der Waals surface area contributed by atoms with Crippen LogP contribution in [-0.2, 0) is 16.0 Å². The van der Waals surface area contributed by atoms with Crippen LogP contribution in [0.1, 0.15) is 39.2 Å². The maximum Gasteiger partial charge on any atom is 0.309 e. The summed E-state index contributed by atoms with van der Waals surface area (Å²) >= 11 is 0. The van der Waals surface area contributed by atoms with Crippen molar-refractivity contribution in [1.29, 1.82) is 0 Å². The Morgan fingerprint density at radius 1 is 1.23 bits per heavy atom. The van der Waals surface area contributed by atoms with Gasteiger partial charge in [-0.05, 0) is 37.2 Å². The van der Waals surface area contributed by atoms with Gasteiger partial charge in [0.05, 0.1) is 5.41 Å².